The van der Waals surface area contributed by atoms with Crippen molar-refractivity contribution in [1.29, 1.82) is 0 Å². The second-order valence-electron chi connectivity index (χ2n) is 12.8. The van der Waals surface area contributed by atoms with E-state index in [2.05, 4.69) is 51.7 Å². The van der Waals surface area contributed by atoms with Crippen LogP contribution >= 0.6 is 0 Å². The summed E-state index contributed by atoms with van der Waals surface area (Å²) in [6, 6.07) is 46.4. The quantitative estimate of drug-likeness (QED) is 0.132. The minimum Gasteiger partial charge on any atom is -0.477 e. The second kappa shape index (κ2) is 13.6. The maximum atomic E-state index is 12.3. The Morgan fingerprint density at radius 1 is 0.706 bits per heavy atom. The highest BCUT2D eigenvalue weighted by atomic mass is 16.4. The van der Waals surface area contributed by atoms with Crippen molar-refractivity contribution in [2.75, 3.05) is 0 Å². The third-order valence-electron chi connectivity index (χ3n) is 9.11. The molecule has 0 unspecified atom stereocenters. The van der Waals surface area contributed by atoms with Gasteiger partial charge in [0.05, 0.1) is 0 Å². The number of aromatic carboxylic acids is 1. The Balaban J connectivity index is 1.34. The fourth-order valence-electron chi connectivity index (χ4n) is 6.82. The second-order valence-corrected chi connectivity index (χ2v) is 12.8. The molecule has 0 aliphatic rings. The summed E-state index contributed by atoms with van der Waals surface area (Å²) in [6.07, 6.45) is 0. The molecule has 0 radical (unpaired) electrons. The first kappa shape index (κ1) is 33.3. The van der Waals surface area contributed by atoms with Gasteiger partial charge in [0.2, 0.25) is 0 Å². The van der Waals surface area contributed by atoms with Crippen LogP contribution in [0.25, 0.3) is 22.5 Å². The number of carboxylic acids is 1. The molecule has 7 aromatic rings. The average Bonchev–Trinajstić information content (AvgIpc) is 3.80. The van der Waals surface area contributed by atoms with Crippen LogP contribution in [0, 0.1) is 0 Å². The molecule has 3 N–H and O–H groups in total. The Bertz CT molecular complexity index is 2180. The van der Waals surface area contributed by atoms with E-state index in [4.69, 9.17) is 5.21 Å². The zero-order valence-corrected chi connectivity index (χ0v) is 28.1. The predicted octanol–water partition coefficient (Wildman–Crippen LogP) is 6.51. The third kappa shape index (κ3) is 6.01. The van der Waals surface area contributed by atoms with Gasteiger partial charge in [0.15, 0.2) is 11.5 Å². The number of rotatable bonds is 11. The van der Waals surface area contributed by atoms with Crippen LogP contribution in [-0.4, -0.2) is 51.0 Å². The molecule has 2 aromatic heterocycles. The smallest absolute Gasteiger partial charge is 0.354 e. The summed E-state index contributed by atoms with van der Waals surface area (Å²) in [5.41, 5.74) is 3.80. The van der Waals surface area contributed by atoms with Crippen molar-refractivity contribution in [3.63, 3.8) is 0 Å². The molecule has 7 rings (SSSR count). The van der Waals surface area contributed by atoms with Crippen LogP contribution in [0.15, 0.2) is 140 Å². The molecule has 0 aliphatic heterocycles. The lowest BCUT2D eigenvalue weighted by Crippen LogP contribution is -2.39. The Labute approximate surface area is 294 Å². The average molecular weight is 677 g/mol. The van der Waals surface area contributed by atoms with Gasteiger partial charge >= 0.3 is 5.97 Å². The number of aliphatic hydroxyl groups excluding tert-OH is 1. The van der Waals surface area contributed by atoms with Crippen LogP contribution in [0.5, 0.6) is 0 Å². The maximum Gasteiger partial charge on any atom is 0.354 e. The van der Waals surface area contributed by atoms with Crippen molar-refractivity contribution in [2.24, 2.45) is 0 Å². The molecule has 0 amide bonds. The van der Waals surface area contributed by atoms with Crippen LogP contribution in [0.4, 0.5) is 0 Å². The fourth-order valence-corrected chi connectivity index (χ4v) is 6.82. The SMILES string of the molecule is CC(C)(O)c1nc(CO)n(Cc2ccc(-c3ccccc3-c3nnnn3C(c3ccccc3)(c3ccccc3)c3ccccc3)cc2)c1C(=O)O. The predicted molar refractivity (Wildman–Crippen MR) is 193 cm³/mol. The maximum absolute atomic E-state index is 12.3. The van der Waals surface area contributed by atoms with Crippen molar-refractivity contribution < 1.29 is 20.1 Å². The minimum absolute atomic E-state index is 0.0000903. The monoisotopic (exact) mass is 676 g/mol. The molecule has 2 heterocycles. The molecule has 0 atom stereocenters. The summed E-state index contributed by atoms with van der Waals surface area (Å²) in [6.45, 7) is 2.60. The van der Waals surface area contributed by atoms with Crippen molar-refractivity contribution in [1.82, 2.24) is 29.8 Å². The van der Waals surface area contributed by atoms with Gasteiger partial charge in [0.1, 0.15) is 29.3 Å². The van der Waals surface area contributed by atoms with Gasteiger partial charge in [0.25, 0.3) is 0 Å². The van der Waals surface area contributed by atoms with E-state index in [-0.39, 0.29) is 23.8 Å². The van der Waals surface area contributed by atoms with E-state index < -0.39 is 23.7 Å². The number of aliphatic hydroxyl groups is 2. The van der Waals surface area contributed by atoms with Gasteiger partial charge in [-0.2, -0.15) is 0 Å². The number of carbonyl (C=O) groups is 1. The molecule has 0 saturated carbocycles. The van der Waals surface area contributed by atoms with Gasteiger partial charge in [-0.15, -0.1) is 5.10 Å². The first-order valence-corrected chi connectivity index (χ1v) is 16.5. The molecule has 0 spiro atoms. The number of aromatic nitrogens is 6. The zero-order chi connectivity index (χ0) is 35.6. The van der Waals surface area contributed by atoms with Gasteiger partial charge in [-0.1, -0.05) is 140 Å². The van der Waals surface area contributed by atoms with E-state index in [1.807, 2.05) is 108 Å². The van der Waals surface area contributed by atoms with Gasteiger partial charge in [0, 0.05) is 12.1 Å². The molecule has 0 fully saturated rings. The van der Waals surface area contributed by atoms with E-state index in [0.717, 1.165) is 38.9 Å². The van der Waals surface area contributed by atoms with Crippen LogP contribution < -0.4 is 0 Å². The third-order valence-corrected chi connectivity index (χ3v) is 9.11. The highest BCUT2D eigenvalue weighted by Crippen LogP contribution is 2.43. The summed E-state index contributed by atoms with van der Waals surface area (Å²) in [5, 5.41) is 44.3. The molecular weight excluding hydrogens is 640 g/mol. The van der Waals surface area contributed by atoms with Crippen molar-refractivity contribution in [2.45, 2.75) is 38.1 Å². The largest absolute Gasteiger partial charge is 0.477 e. The topological polar surface area (TPSA) is 139 Å². The van der Waals surface area contributed by atoms with Gasteiger partial charge in [-0.25, -0.2) is 14.5 Å². The Morgan fingerprint density at radius 2 is 1.22 bits per heavy atom. The Morgan fingerprint density at radius 3 is 1.71 bits per heavy atom. The number of tetrazole rings is 1. The van der Waals surface area contributed by atoms with E-state index in [1.165, 1.54) is 18.4 Å². The summed E-state index contributed by atoms with van der Waals surface area (Å²) < 4.78 is 3.34. The first-order chi connectivity index (χ1) is 24.7. The molecule has 10 nitrogen and oxygen atoms in total. The lowest BCUT2D eigenvalue weighted by molar-refractivity contribution is 0.0602. The number of nitrogens with zero attached hydrogens (tertiary/aromatic N) is 6. The van der Waals surface area contributed by atoms with E-state index in [0.29, 0.717) is 5.82 Å². The highest BCUT2D eigenvalue weighted by molar-refractivity contribution is 5.87. The lowest BCUT2D eigenvalue weighted by atomic mass is 9.77. The molecule has 0 bridgehead atoms. The van der Waals surface area contributed by atoms with Crippen molar-refractivity contribution >= 4 is 5.97 Å². The molecule has 5 aromatic carbocycles. The molecule has 254 valence electrons. The normalized spacial score (nSPS) is 11.8. The van der Waals surface area contributed by atoms with Crippen molar-refractivity contribution in [3.8, 4) is 22.5 Å². The summed E-state index contributed by atoms with van der Waals surface area (Å²) in [7, 11) is 0. The molecule has 10 heteroatoms. The van der Waals surface area contributed by atoms with Gasteiger partial charge in [-0.05, 0) is 57.7 Å². The van der Waals surface area contributed by atoms with Crippen molar-refractivity contribution in [3.05, 3.63) is 179 Å². The minimum atomic E-state index is -1.51. The number of hydrogen-bond donors (Lipinski definition) is 3. The lowest BCUT2D eigenvalue weighted by Gasteiger charge is -2.36. The van der Waals surface area contributed by atoms with E-state index in [1.54, 1.807) is 0 Å². The first-order valence-electron chi connectivity index (χ1n) is 16.5. The molecular formula is C41H36N6O4. The summed E-state index contributed by atoms with van der Waals surface area (Å²) in [5.74, 6) is -0.507. The number of benzene rings is 5. The van der Waals surface area contributed by atoms with E-state index in [9.17, 15) is 20.1 Å². The number of imidazole rings is 1. The van der Waals surface area contributed by atoms with Crippen LogP contribution in [0.3, 0.4) is 0 Å². The standard InChI is InChI=1S/C41H36N6O4/c1-40(2,51)37-36(39(49)50)46(35(27-48)42-37)26-28-22-24-29(25-23-28)33-20-12-13-21-34(33)38-43-44-45-47(38)41(30-14-6-3-7-15-30,31-16-8-4-9-17-31)32-18-10-5-11-19-32/h3-25,48,51H,26-27H2,1-2H3,(H,49,50). The van der Waals surface area contributed by atoms with E-state index >= 15 is 0 Å². The van der Waals surface area contributed by atoms with Gasteiger partial charge < -0.3 is 19.9 Å². The molecule has 0 saturated heterocycles. The Kier molecular flexibility index (Phi) is 8.86. The number of hydrogen-bond acceptors (Lipinski definition) is 7. The van der Waals surface area contributed by atoms with Crippen LogP contribution in [0.2, 0.25) is 0 Å². The summed E-state index contributed by atoms with van der Waals surface area (Å²) in [4.78, 5) is 16.6. The Hall–Kier alpha value is -6.23. The molecule has 51 heavy (non-hydrogen) atoms. The highest BCUT2D eigenvalue weighted by Gasteiger charge is 2.42. The number of carboxylic acid groups (broad SMARTS) is 1. The van der Waals surface area contributed by atoms with Crippen LogP contribution in [0.1, 0.15) is 58.1 Å². The van der Waals surface area contributed by atoms with Gasteiger partial charge in [-0.3, -0.25) is 0 Å². The summed E-state index contributed by atoms with van der Waals surface area (Å²) >= 11 is 0. The zero-order valence-electron chi connectivity index (χ0n) is 28.1. The molecule has 0 aliphatic carbocycles. The fraction of sp³-hybridized carbons (Fsp3) is 0.146. The van der Waals surface area contributed by atoms with Crippen LogP contribution in [-0.2, 0) is 24.3 Å².